The van der Waals surface area contributed by atoms with Crippen LogP contribution >= 0.6 is 11.6 Å². The molecule has 11 heteroatoms. The predicted molar refractivity (Wildman–Crippen MR) is 136 cm³/mol. The van der Waals surface area contributed by atoms with Crippen LogP contribution in [0.5, 0.6) is 0 Å². The monoisotopic (exact) mass is 508 g/mol. The molecule has 1 fully saturated rings. The van der Waals surface area contributed by atoms with E-state index in [0.29, 0.717) is 16.8 Å². The van der Waals surface area contributed by atoms with Gasteiger partial charge in [-0.1, -0.05) is 17.7 Å². The van der Waals surface area contributed by atoms with Crippen molar-refractivity contribution < 1.29 is 13.2 Å². The Morgan fingerprint density at radius 1 is 1.18 bits per heavy atom. The Morgan fingerprint density at radius 3 is 2.71 bits per heavy atom. The minimum atomic E-state index is -3.29. The van der Waals surface area contributed by atoms with Crippen LogP contribution in [0.4, 0.5) is 17.5 Å². The van der Waals surface area contributed by atoms with Gasteiger partial charge in [0, 0.05) is 44.5 Å². The summed E-state index contributed by atoms with van der Waals surface area (Å²) in [4.78, 5) is 11.3. The van der Waals surface area contributed by atoms with Crippen molar-refractivity contribution in [2.45, 2.75) is 44.2 Å². The van der Waals surface area contributed by atoms with Crippen LogP contribution in [-0.4, -0.2) is 75.0 Å². The van der Waals surface area contributed by atoms with Crippen molar-refractivity contribution in [3.05, 3.63) is 40.5 Å². The van der Waals surface area contributed by atoms with Crippen LogP contribution in [0.1, 0.15) is 30.4 Å². The Hall–Kier alpha value is -1.98. The molecule has 2 unspecified atom stereocenters. The Bertz CT molecular complexity index is 1100. The maximum atomic E-state index is 11.7. The second-order valence-corrected chi connectivity index (χ2v) is 11.2. The fraction of sp³-hybridized carbons (Fsp3) is 0.565. The van der Waals surface area contributed by atoms with E-state index in [-0.39, 0.29) is 12.1 Å². The quantitative estimate of drug-likeness (QED) is 0.474. The summed E-state index contributed by atoms with van der Waals surface area (Å²) in [6.07, 6.45) is 7.29. The molecule has 9 nitrogen and oxygen atoms in total. The Morgan fingerprint density at radius 2 is 1.94 bits per heavy atom. The highest BCUT2D eigenvalue weighted by Crippen LogP contribution is 2.28. The first-order valence-electron chi connectivity index (χ1n) is 11.7. The van der Waals surface area contributed by atoms with E-state index in [1.807, 2.05) is 0 Å². The molecule has 0 radical (unpaired) electrons. The molecule has 2 atom stereocenters. The number of anilines is 3. The number of benzene rings is 1. The summed E-state index contributed by atoms with van der Waals surface area (Å²) in [6.45, 7) is 3.75. The zero-order chi connectivity index (χ0) is 24.1. The lowest BCUT2D eigenvalue weighted by Crippen LogP contribution is -2.43. The number of aromatic nitrogens is 2. The highest BCUT2D eigenvalue weighted by atomic mass is 35.5. The van der Waals surface area contributed by atoms with E-state index in [4.69, 9.17) is 16.3 Å². The average molecular weight is 509 g/mol. The van der Waals surface area contributed by atoms with Crippen molar-refractivity contribution in [2.24, 2.45) is 0 Å². The average Bonchev–Trinajstić information content (AvgIpc) is 3.10. The molecule has 186 valence electrons. The molecule has 2 heterocycles. The molecule has 2 aromatic rings. The molecule has 2 aliphatic rings. The predicted octanol–water partition coefficient (Wildman–Crippen LogP) is 2.80. The van der Waals surface area contributed by atoms with E-state index in [1.165, 1.54) is 17.4 Å². The highest BCUT2D eigenvalue weighted by Gasteiger charge is 2.30. The van der Waals surface area contributed by atoms with E-state index < -0.39 is 10.0 Å². The maximum absolute atomic E-state index is 11.7. The SMILES string of the molecule is COCCN1CCc2ccc(Nc3ncc(Cl)c(NC4CCCC4NS(C)(=O)=O)n3)cc2CC1. The van der Waals surface area contributed by atoms with Gasteiger partial charge in [0.2, 0.25) is 16.0 Å². The lowest BCUT2D eigenvalue weighted by atomic mass is 10.0. The number of fused-ring (bicyclic) bond motifs is 1. The summed E-state index contributed by atoms with van der Waals surface area (Å²) in [5.41, 5.74) is 3.63. The minimum Gasteiger partial charge on any atom is -0.383 e. The smallest absolute Gasteiger partial charge is 0.229 e. The van der Waals surface area contributed by atoms with Crippen LogP contribution < -0.4 is 15.4 Å². The van der Waals surface area contributed by atoms with Crippen molar-refractivity contribution in [2.75, 3.05) is 50.2 Å². The molecule has 0 amide bonds. The third-order valence-corrected chi connectivity index (χ3v) is 7.42. The first kappa shape index (κ1) is 25.1. The standard InChI is InChI=1S/C23H33ClN6O3S/c1-33-13-12-30-10-8-16-6-7-18(14-17(16)9-11-30)26-23-25-15-19(24)22(28-23)27-20-4-3-5-21(20)29-34(2,31)32/h6-7,14-15,20-21,29H,3-5,8-13H2,1-2H3,(H2,25,26,27,28). The fourth-order valence-corrected chi connectivity index (χ4v) is 5.65. The largest absolute Gasteiger partial charge is 0.383 e. The number of nitrogens with zero attached hydrogens (tertiary/aromatic N) is 3. The number of methoxy groups -OCH3 is 1. The van der Waals surface area contributed by atoms with Gasteiger partial charge in [0.1, 0.15) is 5.02 Å². The molecule has 3 N–H and O–H groups in total. The molecule has 34 heavy (non-hydrogen) atoms. The van der Waals surface area contributed by atoms with Crippen molar-refractivity contribution >= 4 is 39.1 Å². The lowest BCUT2D eigenvalue weighted by Gasteiger charge is -2.22. The summed E-state index contributed by atoms with van der Waals surface area (Å²) < 4.78 is 31.3. The zero-order valence-electron chi connectivity index (χ0n) is 19.7. The summed E-state index contributed by atoms with van der Waals surface area (Å²) in [7, 11) is -1.55. The summed E-state index contributed by atoms with van der Waals surface area (Å²) in [6, 6.07) is 6.13. The third-order valence-electron chi connectivity index (χ3n) is 6.42. The van der Waals surface area contributed by atoms with Crippen LogP contribution in [0.25, 0.3) is 0 Å². The van der Waals surface area contributed by atoms with Crippen molar-refractivity contribution in [3.63, 3.8) is 0 Å². The Kier molecular flexibility index (Phi) is 8.26. The molecule has 1 aromatic carbocycles. The third kappa shape index (κ3) is 6.79. The molecule has 1 saturated carbocycles. The molecule has 1 aromatic heterocycles. The highest BCUT2D eigenvalue weighted by molar-refractivity contribution is 7.88. The Labute approximate surface area is 206 Å². The van der Waals surface area contributed by atoms with Gasteiger partial charge >= 0.3 is 0 Å². The minimum absolute atomic E-state index is 0.0801. The van der Waals surface area contributed by atoms with Crippen molar-refractivity contribution in [1.29, 1.82) is 0 Å². The number of nitrogens with one attached hydrogen (secondary N) is 3. The molecule has 0 spiro atoms. The normalized spacial score (nSPS) is 21.1. The topological polar surface area (TPSA) is 108 Å². The van der Waals surface area contributed by atoms with Gasteiger partial charge in [-0.05, 0) is 55.4 Å². The number of ether oxygens (including phenoxy) is 1. The lowest BCUT2D eigenvalue weighted by molar-refractivity contribution is 0.150. The van der Waals surface area contributed by atoms with E-state index in [9.17, 15) is 8.42 Å². The zero-order valence-corrected chi connectivity index (χ0v) is 21.3. The number of hydrogen-bond donors (Lipinski definition) is 3. The second-order valence-electron chi connectivity index (χ2n) is 9.01. The van der Waals surface area contributed by atoms with Gasteiger partial charge in [0.05, 0.1) is 19.1 Å². The molecular weight excluding hydrogens is 476 g/mol. The van der Waals surface area contributed by atoms with Crippen LogP contribution in [0, 0.1) is 0 Å². The van der Waals surface area contributed by atoms with Crippen LogP contribution in [-0.2, 0) is 27.6 Å². The van der Waals surface area contributed by atoms with E-state index in [2.05, 4.69) is 48.4 Å². The number of sulfonamides is 1. The summed E-state index contributed by atoms with van der Waals surface area (Å²) >= 11 is 6.35. The Balaban J connectivity index is 1.43. The maximum Gasteiger partial charge on any atom is 0.229 e. The van der Waals surface area contributed by atoms with Gasteiger partial charge in [-0.25, -0.2) is 18.1 Å². The molecular formula is C23H33ClN6O3S. The van der Waals surface area contributed by atoms with Crippen LogP contribution in [0.2, 0.25) is 5.02 Å². The van der Waals surface area contributed by atoms with Crippen LogP contribution in [0.15, 0.2) is 24.4 Å². The van der Waals surface area contributed by atoms with E-state index in [0.717, 1.165) is 64.0 Å². The van der Waals surface area contributed by atoms with Gasteiger partial charge in [-0.15, -0.1) is 0 Å². The van der Waals surface area contributed by atoms with Gasteiger partial charge in [0.15, 0.2) is 5.82 Å². The van der Waals surface area contributed by atoms with Crippen molar-refractivity contribution in [3.8, 4) is 0 Å². The van der Waals surface area contributed by atoms with Crippen molar-refractivity contribution in [1.82, 2.24) is 19.6 Å². The molecule has 1 aliphatic carbocycles. The molecule has 1 aliphatic heterocycles. The van der Waals surface area contributed by atoms with Gasteiger partial charge < -0.3 is 20.3 Å². The first-order chi connectivity index (χ1) is 16.3. The number of rotatable bonds is 9. The molecule has 4 rings (SSSR count). The van der Waals surface area contributed by atoms with Crippen LogP contribution in [0.3, 0.4) is 0 Å². The van der Waals surface area contributed by atoms with E-state index >= 15 is 0 Å². The fourth-order valence-electron chi connectivity index (χ4n) is 4.68. The molecule has 0 saturated heterocycles. The molecule has 0 bridgehead atoms. The summed E-state index contributed by atoms with van der Waals surface area (Å²) in [5, 5.41) is 7.01. The van der Waals surface area contributed by atoms with E-state index in [1.54, 1.807) is 13.3 Å². The number of halogens is 1. The van der Waals surface area contributed by atoms with Gasteiger partial charge in [-0.3, -0.25) is 0 Å². The first-order valence-corrected chi connectivity index (χ1v) is 13.9. The number of hydrogen-bond acceptors (Lipinski definition) is 8. The van der Waals surface area contributed by atoms with Gasteiger partial charge in [0.25, 0.3) is 0 Å². The second kappa shape index (κ2) is 11.2. The summed E-state index contributed by atoms with van der Waals surface area (Å²) in [5.74, 6) is 0.933. The van der Waals surface area contributed by atoms with Gasteiger partial charge in [-0.2, -0.15) is 4.98 Å².